The summed E-state index contributed by atoms with van der Waals surface area (Å²) < 4.78 is 36.2. The summed E-state index contributed by atoms with van der Waals surface area (Å²) >= 11 is 0. The van der Waals surface area contributed by atoms with E-state index in [1.165, 1.54) is 6.07 Å². The number of hydrogen-bond acceptors (Lipinski definition) is 6. The highest BCUT2D eigenvalue weighted by atomic mass is 19.1. The summed E-state index contributed by atoms with van der Waals surface area (Å²) in [6.07, 6.45) is 2.00. The molecular weight excluding hydrogens is 470 g/mol. The molecule has 0 aliphatic carbocycles. The van der Waals surface area contributed by atoms with Crippen molar-refractivity contribution in [3.05, 3.63) is 24.0 Å². The summed E-state index contributed by atoms with van der Waals surface area (Å²) in [5.74, 6) is -1.25. The Morgan fingerprint density at radius 2 is 1.78 bits per heavy atom. The van der Waals surface area contributed by atoms with Gasteiger partial charge in [0.15, 0.2) is 0 Å². The van der Waals surface area contributed by atoms with E-state index in [-0.39, 0.29) is 31.1 Å². The van der Waals surface area contributed by atoms with E-state index in [0.717, 1.165) is 0 Å². The number of hydrogen-bond donors (Lipinski definition) is 2. The highest BCUT2D eigenvalue weighted by Gasteiger charge is 2.44. The highest BCUT2D eigenvalue weighted by Crippen LogP contribution is 2.41. The highest BCUT2D eigenvalue weighted by molar-refractivity contribution is 6.01. The van der Waals surface area contributed by atoms with E-state index in [2.05, 4.69) is 10.6 Å². The molecule has 0 saturated carbocycles. The lowest BCUT2D eigenvalue weighted by Crippen LogP contribution is -2.51. The molecule has 10 heteroatoms. The first-order valence-corrected chi connectivity index (χ1v) is 12.8. The average molecular weight is 507 g/mol. The number of likely N-dealkylation sites (tertiary alicyclic amines) is 1. The first-order valence-electron chi connectivity index (χ1n) is 12.8. The molecule has 1 unspecified atom stereocenters. The van der Waals surface area contributed by atoms with Gasteiger partial charge in [0.1, 0.15) is 23.1 Å². The lowest BCUT2D eigenvalue weighted by atomic mass is 9.76. The van der Waals surface area contributed by atoms with Crippen LogP contribution in [-0.4, -0.2) is 66.3 Å². The number of nitrogens with zero attached hydrogens (tertiary/aromatic N) is 2. The second-order valence-electron chi connectivity index (χ2n) is 11.1. The van der Waals surface area contributed by atoms with Crippen molar-refractivity contribution < 1.29 is 27.9 Å². The summed E-state index contributed by atoms with van der Waals surface area (Å²) in [7, 11) is 0. The lowest BCUT2D eigenvalue weighted by Gasteiger charge is -2.44. The van der Waals surface area contributed by atoms with Crippen LogP contribution in [0.15, 0.2) is 18.2 Å². The van der Waals surface area contributed by atoms with Gasteiger partial charge in [0.2, 0.25) is 11.8 Å². The van der Waals surface area contributed by atoms with E-state index >= 15 is 4.39 Å². The molecule has 1 atom stereocenters. The van der Waals surface area contributed by atoms with Crippen LogP contribution in [0.2, 0.25) is 0 Å². The molecule has 3 heterocycles. The SMILES string of the molecule is CC(C)(C)OC(=O)N1CCC(F)(C2CCN(c3ccc(NC4CCC(=O)NC4=O)cc3F)CC2)CC1. The van der Waals surface area contributed by atoms with Gasteiger partial charge in [-0.25, -0.2) is 13.6 Å². The molecule has 36 heavy (non-hydrogen) atoms. The van der Waals surface area contributed by atoms with E-state index in [1.807, 2.05) is 25.7 Å². The molecule has 3 aliphatic rings. The first-order chi connectivity index (χ1) is 16.9. The van der Waals surface area contributed by atoms with E-state index < -0.39 is 35.1 Å². The van der Waals surface area contributed by atoms with Crippen LogP contribution in [0.25, 0.3) is 0 Å². The van der Waals surface area contributed by atoms with Gasteiger partial charge in [-0.05, 0) is 77.0 Å². The number of carbonyl (C=O) groups excluding carboxylic acids is 3. The second kappa shape index (κ2) is 10.2. The van der Waals surface area contributed by atoms with Gasteiger partial charge in [0.05, 0.1) is 5.69 Å². The third kappa shape index (κ3) is 6.07. The number of piperidine rings is 3. The number of benzene rings is 1. The molecule has 3 saturated heterocycles. The summed E-state index contributed by atoms with van der Waals surface area (Å²) in [4.78, 5) is 39.1. The fraction of sp³-hybridized carbons (Fsp3) is 0.654. The monoisotopic (exact) mass is 506 g/mol. The molecule has 4 rings (SSSR count). The maximum absolute atomic E-state index is 15.8. The molecule has 0 bridgehead atoms. The summed E-state index contributed by atoms with van der Waals surface area (Å²) in [6.45, 7) is 7.20. The van der Waals surface area contributed by atoms with Gasteiger partial charge in [-0.2, -0.15) is 0 Å². The topological polar surface area (TPSA) is 91.0 Å². The van der Waals surface area contributed by atoms with Crippen LogP contribution in [0.3, 0.4) is 0 Å². The van der Waals surface area contributed by atoms with Crippen molar-refractivity contribution in [2.75, 3.05) is 36.4 Å². The molecule has 8 nitrogen and oxygen atoms in total. The molecule has 3 fully saturated rings. The molecule has 0 aromatic heterocycles. The zero-order chi connectivity index (χ0) is 26.1. The number of nitrogens with one attached hydrogen (secondary N) is 2. The zero-order valence-corrected chi connectivity index (χ0v) is 21.2. The Labute approximate surface area is 210 Å². The maximum Gasteiger partial charge on any atom is 0.410 e. The number of alkyl halides is 1. The van der Waals surface area contributed by atoms with Gasteiger partial charge in [0, 0.05) is 38.3 Å². The number of ether oxygens (including phenoxy) is 1. The smallest absolute Gasteiger partial charge is 0.410 e. The number of imide groups is 1. The fourth-order valence-electron chi connectivity index (χ4n) is 5.32. The zero-order valence-electron chi connectivity index (χ0n) is 21.2. The van der Waals surface area contributed by atoms with Crippen LogP contribution in [-0.2, 0) is 14.3 Å². The van der Waals surface area contributed by atoms with E-state index in [0.29, 0.717) is 56.8 Å². The van der Waals surface area contributed by atoms with Gasteiger partial charge in [-0.3, -0.25) is 14.9 Å². The Hall–Kier alpha value is -2.91. The minimum absolute atomic E-state index is 0.133. The van der Waals surface area contributed by atoms with Crippen molar-refractivity contribution in [1.29, 1.82) is 0 Å². The number of carbonyl (C=O) groups is 3. The van der Waals surface area contributed by atoms with Crippen LogP contribution in [0.4, 0.5) is 25.0 Å². The minimum atomic E-state index is -1.33. The molecule has 1 aromatic rings. The Morgan fingerprint density at radius 3 is 2.36 bits per heavy atom. The molecule has 198 valence electrons. The largest absolute Gasteiger partial charge is 0.444 e. The van der Waals surface area contributed by atoms with Crippen LogP contribution in [0.5, 0.6) is 0 Å². The standard InChI is InChI=1S/C26H36F2N4O4/c1-25(2,3)36-24(35)32-14-10-26(28,11-15-32)17-8-12-31(13-9-17)21-6-4-18(16-19(21)27)29-20-5-7-22(33)30-23(20)34/h4,6,16-17,20,29H,5,7-15H2,1-3H3,(H,30,33,34). The number of amides is 3. The Kier molecular flexibility index (Phi) is 7.43. The van der Waals surface area contributed by atoms with Crippen molar-refractivity contribution in [2.24, 2.45) is 5.92 Å². The molecule has 3 aliphatic heterocycles. The van der Waals surface area contributed by atoms with Crippen molar-refractivity contribution in [2.45, 2.75) is 76.6 Å². The maximum atomic E-state index is 15.8. The fourth-order valence-corrected chi connectivity index (χ4v) is 5.32. The molecular formula is C26H36F2N4O4. The van der Waals surface area contributed by atoms with Crippen molar-refractivity contribution in [3.63, 3.8) is 0 Å². The van der Waals surface area contributed by atoms with E-state index in [4.69, 9.17) is 4.74 Å². The van der Waals surface area contributed by atoms with E-state index in [9.17, 15) is 18.8 Å². The molecule has 1 aromatic carbocycles. The molecule has 3 amide bonds. The Bertz CT molecular complexity index is 996. The van der Waals surface area contributed by atoms with Crippen LogP contribution in [0, 0.1) is 11.7 Å². The normalized spacial score (nSPS) is 23.3. The molecule has 0 spiro atoms. The van der Waals surface area contributed by atoms with Gasteiger partial charge < -0.3 is 19.9 Å². The quantitative estimate of drug-likeness (QED) is 0.600. The van der Waals surface area contributed by atoms with Crippen LogP contribution >= 0.6 is 0 Å². The van der Waals surface area contributed by atoms with Crippen LogP contribution < -0.4 is 15.5 Å². The first kappa shape index (κ1) is 26.2. The predicted molar refractivity (Wildman–Crippen MR) is 132 cm³/mol. The van der Waals surface area contributed by atoms with Gasteiger partial charge >= 0.3 is 6.09 Å². The van der Waals surface area contributed by atoms with Crippen molar-refractivity contribution >= 4 is 29.3 Å². The minimum Gasteiger partial charge on any atom is -0.444 e. The van der Waals surface area contributed by atoms with Crippen molar-refractivity contribution in [1.82, 2.24) is 10.2 Å². The summed E-state index contributed by atoms with van der Waals surface area (Å²) in [6, 6.07) is 4.17. The lowest BCUT2D eigenvalue weighted by molar-refractivity contribution is -0.133. The van der Waals surface area contributed by atoms with Crippen molar-refractivity contribution in [3.8, 4) is 0 Å². The summed E-state index contributed by atoms with van der Waals surface area (Å²) in [5.41, 5.74) is -0.989. The van der Waals surface area contributed by atoms with Gasteiger partial charge in [-0.1, -0.05) is 0 Å². The number of halogens is 2. The summed E-state index contributed by atoms with van der Waals surface area (Å²) in [5, 5.41) is 5.27. The van der Waals surface area contributed by atoms with Crippen LogP contribution in [0.1, 0.15) is 59.3 Å². The molecule has 0 radical (unpaired) electrons. The predicted octanol–water partition coefficient (Wildman–Crippen LogP) is 4.00. The Balaban J connectivity index is 1.29. The molecule has 2 N–H and O–H groups in total. The number of anilines is 2. The average Bonchev–Trinajstić information content (AvgIpc) is 2.80. The third-order valence-electron chi connectivity index (χ3n) is 7.34. The van der Waals surface area contributed by atoms with Gasteiger partial charge in [-0.15, -0.1) is 0 Å². The van der Waals surface area contributed by atoms with E-state index in [1.54, 1.807) is 17.0 Å². The third-order valence-corrected chi connectivity index (χ3v) is 7.34. The van der Waals surface area contributed by atoms with Gasteiger partial charge in [0.25, 0.3) is 0 Å². The number of rotatable bonds is 4. The Morgan fingerprint density at radius 1 is 1.11 bits per heavy atom. The second-order valence-corrected chi connectivity index (χ2v) is 11.1.